The molecule has 4 aromatic heterocycles. The summed E-state index contributed by atoms with van der Waals surface area (Å²) in [7, 11) is 1.62. The average Bonchev–Trinajstić information content (AvgIpc) is 3.49. The second kappa shape index (κ2) is 11.0. The van der Waals surface area contributed by atoms with Gasteiger partial charge in [0.15, 0.2) is 5.82 Å². The summed E-state index contributed by atoms with van der Waals surface area (Å²) in [6, 6.07) is 3.35. The van der Waals surface area contributed by atoms with Crippen molar-refractivity contribution in [1.82, 2.24) is 34.5 Å². The van der Waals surface area contributed by atoms with Gasteiger partial charge in [0.2, 0.25) is 11.9 Å². The molecule has 1 aliphatic carbocycles. The van der Waals surface area contributed by atoms with E-state index < -0.39 is 0 Å². The van der Waals surface area contributed by atoms with Gasteiger partial charge in [0.25, 0.3) is 5.56 Å². The van der Waals surface area contributed by atoms with Gasteiger partial charge in [-0.25, -0.2) is 21.5 Å². The van der Waals surface area contributed by atoms with Crippen LogP contribution < -0.4 is 20.3 Å². The number of aromatic nitrogens is 7. The van der Waals surface area contributed by atoms with E-state index in [1.807, 2.05) is 20.0 Å². The van der Waals surface area contributed by atoms with Gasteiger partial charge in [-0.05, 0) is 19.9 Å². The fourth-order valence-electron chi connectivity index (χ4n) is 4.14. The quantitative estimate of drug-likeness (QED) is 0.248. The van der Waals surface area contributed by atoms with Gasteiger partial charge >= 0.3 is 0 Å². The highest BCUT2D eigenvalue weighted by Gasteiger charge is 2.47. The van der Waals surface area contributed by atoms with E-state index >= 15 is 0 Å². The van der Waals surface area contributed by atoms with Crippen LogP contribution in [0.25, 0.3) is 27.4 Å². The zero-order valence-electron chi connectivity index (χ0n) is 21.8. The Morgan fingerprint density at radius 2 is 2.15 bits per heavy atom. The lowest BCUT2D eigenvalue weighted by molar-refractivity contribution is 0.169. The zero-order valence-corrected chi connectivity index (χ0v) is 21.8. The summed E-state index contributed by atoms with van der Waals surface area (Å²) in [5.74, 6) is 2.12. The molecule has 4 heterocycles. The van der Waals surface area contributed by atoms with Crippen molar-refractivity contribution in [2.75, 3.05) is 18.5 Å². The molecule has 2 unspecified atom stereocenters. The number of hydrogen-bond acceptors (Lipinski definition) is 9. The maximum Gasteiger partial charge on any atom is 0.277 e. The molecule has 0 spiro atoms. The Kier molecular flexibility index (Phi) is 7.29. The number of ether oxygens (including phenoxy) is 2. The van der Waals surface area contributed by atoms with Gasteiger partial charge in [0.1, 0.15) is 29.0 Å². The smallest absolute Gasteiger partial charge is 0.277 e. The predicted molar refractivity (Wildman–Crippen MR) is 143 cm³/mol. The first-order chi connectivity index (χ1) is 18.9. The van der Waals surface area contributed by atoms with E-state index in [-0.39, 0.29) is 36.2 Å². The van der Waals surface area contributed by atoms with Crippen molar-refractivity contribution >= 4 is 11.6 Å². The van der Waals surface area contributed by atoms with Crippen molar-refractivity contribution in [2.45, 2.75) is 44.9 Å². The number of nitrogens with zero attached hydrogens (tertiary/aromatic N) is 7. The molecular formula is C26H29N9O4. The van der Waals surface area contributed by atoms with E-state index in [0.29, 0.717) is 53.0 Å². The molecule has 3 N–H and O–H groups in total. The van der Waals surface area contributed by atoms with Crippen LogP contribution in [0.2, 0.25) is 0 Å². The first-order valence-electron chi connectivity index (χ1n) is 12.6. The number of H-pyrrole nitrogens is 1. The molecule has 1 fully saturated rings. The summed E-state index contributed by atoms with van der Waals surface area (Å²) < 4.78 is 15.2. The summed E-state index contributed by atoms with van der Waals surface area (Å²) in [4.78, 5) is 29.2. The van der Waals surface area contributed by atoms with Gasteiger partial charge < -0.3 is 29.8 Å². The van der Waals surface area contributed by atoms with Crippen molar-refractivity contribution < 1.29 is 14.6 Å². The lowest BCUT2D eigenvalue weighted by atomic mass is 10.1. The van der Waals surface area contributed by atoms with Crippen molar-refractivity contribution in [3.05, 3.63) is 58.7 Å². The monoisotopic (exact) mass is 531 g/mol. The van der Waals surface area contributed by atoms with E-state index in [0.717, 1.165) is 6.42 Å². The van der Waals surface area contributed by atoms with Crippen LogP contribution in [0, 0.1) is 6.57 Å². The summed E-state index contributed by atoms with van der Waals surface area (Å²) in [5.41, 5.74) is 1.48. The first-order valence-corrected chi connectivity index (χ1v) is 12.6. The molecule has 5 rings (SSSR count). The van der Waals surface area contributed by atoms with Crippen LogP contribution in [0.15, 0.2) is 41.7 Å². The van der Waals surface area contributed by atoms with Crippen LogP contribution in [-0.4, -0.2) is 65.0 Å². The fraction of sp³-hybridized carbons (Fsp3) is 0.385. The third-order valence-electron chi connectivity index (χ3n) is 6.32. The molecule has 1 aliphatic rings. The highest BCUT2D eigenvalue weighted by Crippen LogP contribution is 2.43. The van der Waals surface area contributed by atoms with Crippen molar-refractivity contribution in [3.8, 4) is 34.1 Å². The number of nitrogens with one attached hydrogen (secondary N) is 2. The minimum absolute atomic E-state index is 0.0170. The summed E-state index contributed by atoms with van der Waals surface area (Å²) >= 11 is 0. The summed E-state index contributed by atoms with van der Waals surface area (Å²) in [5, 5.41) is 20.0. The second-order valence-corrected chi connectivity index (χ2v) is 9.21. The molecule has 13 heteroatoms. The minimum atomic E-state index is -0.278. The Morgan fingerprint density at radius 3 is 2.85 bits per heavy atom. The number of hydrogen-bond donors (Lipinski definition) is 3. The average molecular weight is 532 g/mol. The van der Waals surface area contributed by atoms with E-state index in [1.54, 1.807) is 42.5 Å². The third kappa shape index (κ3) is 5.46. The molecule has 202 valence electrons. The Labute approximate surface area is 224 Å². The van der Waals surface area contributed by atoms with Gasteiger partial charge in [-0.15, -0.1) is 5.10 Å². The van der Waals surface area contributed by atoms with Crippen molar-refractivity contribution in [2.24, 2.45) is 7.05 Å². The van der Waals surface area contributed by atoms with Crippen molar-refractivity contribution in [3.63, 3.8) is 0 Å². The number of pyridine rings is 1. The SMILES string of the molecule is [C-]#[N+]C1CC1n1cc(-c2cnc(Nc3ccnc(-c4c[nH]n(C)c4=O)n3)cc2O[C@@H](C)CCO)c(OCC)n1. The Balaban J connectivity index is 1.49. The molecule has 13 nitrogen and oxygen atoms in total. The van der Waals surface area contributed by atoms with Crippen LogP contribution in [-0.2, 0) is 7.05 Å². The highest BCUT2D eigenvalue weighted by atomic mass is 16.5. The van der Waals surface area contributed by atoms with E-state index in [9.17, 15) is 9.90 Å². The summed E-state index contributed by atoms with van der Waals surface area (Å²) in [6.07, 6.45) is 7.56. The largest absolute Gasteiger partial charge is 0.490 e. The second-order valence-electron chi connectivity index (χ2n) is 9.21. The predicted octanol–water partition coefficient (Wildman–Crippen LogP) is 2.95. The number of rotatable bonds is 11. The molecule has 0 aliphatic heterocycles. The molecule has 0 aromatic carbocycles. The maximum absolute atomic E-state index is 12.3. The number of aryl methyl sites for hydroxylation is 1. The lowest BCUT2D eigenvalue weighted by Gasteiger charge is -2.18. The number of aliphatic hydroxyl groups is 1. The maximum atomic E-state index is 12.3. The van der Waals surface area contributed by atoms with Crippen molar-refractivity contribution in [1.29, 1.82) is 0 Å². The van der Waals surface area contributed by atoms with Crippen LogP contribution in [0.1, 0.15) is 32.7 Å². The van der Waals surface area contributed by atoms with Crippen LogP contribution in [0.4, 0.5) is 11.6 Å². The van der Waals surface area contributed by atoms with E-state index in [2.05, 4.69) is 35.3 Å². The van der Waals surface area contributed by atoms with Gasteiger partial charge in [0.05, 0.1) is 24.7 Å². The molecule has 0 saturated heterocycles. The Bertz CT molecular complexity index is 1570. The number of anilines is 2. The molecule has 39 heavy (non-hydrogen) atoms. The minimum Gasteiger partial charge on any atom is -0.490 e. The van der Waals surface area contributed by atoms with Gasteiger partial charge in [-0.2, -0.15) is 0 Å². The first kappa shape index (κ1) is 25.9. The number of aliphatic hydroxyl groups excluding tert-OH is 1. The van der Waals surface area contributed by atoms with Crippen LogP contribution >= 0.6 is 0 Å². The Hall–Kier alpha value is -4.70. The van der Waals surface area contributed by atoms with Gasteiger partial charge in [-0.1, -0.05) is 0 Å². The molecule has 3 atom stereocenters. The highest BCUT2D eigenvalue weighted by molar-refractivity contribution is 5.75. The third-order valence-corrected chi connectivity index (χ3v) is 6.32. The van der Waals surface area contributed by atoms with E-state index in [4.69, 9.17) is 16.0 Å². The van der Waals surface area contributed by atoms with Gasteiger partial charge in [0, 0.05) is 56.5 Å². The number of aromatic amines is 1. The molecule has 0 radical (unpaired) electrons. The standard InChI is InChI=1S/C26H29N9O4/c1-5-38-25-18(14-35(33-25)20-10-19(20)27-3)16-12-29-23(11-21(16)39-15(2)7-9-36)31-22-6-8-28-24(32-22)17-13-30-34(4)26(17)37/h6,8,11-15,19-20,30,36H,5,7,9-10H2,1-2,4H3,(H,28,29,31,32)/t15-,19?,20?/m0/s1. The molecule has 0 amide bonds. The van der Waals surface area contributed by atoms with Crippen LogP contribution in [0.5, 0.6) is 11.6 Å². The van der Waals surface area contributed by atoms with Gasteiger partial charge in [-0.3, -0.25) is 14.2 Å². The molecule has 1 saturated carbocycles. The zero-order chi connectivity index (χ0) is 27.5. The van der Waals surface area contributed by atoms with E-state index in [1.165, 1.54) is 4.68 Å². The Morgan fingerprint density at radius 1 is 1.31 bits per heavy atom. The summed E-state index contributed by atoms with van der Waals surface area (Å²) in [6.45, 7) is 11.5. The normalized spacial score (nSPS) is 16.9. The van der Waals surface area contributed by atoms with Crippen LogP contribution in [0.3, 0.4) is 0 Å². The molecule has 0 bridgehead atoms. The fourth-order valence-corrected chi connectivity index (χ4v) is 4.14. The molecule has 4 aromatic rings. The lowest BCUT2D eigenvalue weighted by Crippen LogP contribution is -2.14. The molecular weight excluding hydrogens is 502 g/mol. The topological polar surface area (TPSA) is 149 Å².